The molecule has 1 N–H and O–H groups in total. The number of nitrogens with one attached hydrogen (secondary N) is 1. The molecule has 1 fully saturated rings. The molecule has 1 aromatic carbocycles. The third-order valence-electron chi connectivity index (χ3n) is 4.67. The van der Waals surface area contributed by atoms with Crippen LogP contribution < -0.4 is 10.2 Å². The number of hydrogen-bond donors (Lipinski definition) is 1. The van der Waals surface area contributed by atoms with Gasteiger partial charge in [0.2, 0.25) is 11.8 Å². The molecule has 0 radical (unpaired) electrons. The number of anilines is 1. The molecule has 0 saturated heterocycles. The first kappa shape index (κ1) is 18.5. The number of amides is 2. The van der Waals surface area contributed by atoms with Crippen LogP contribution in [0.25, 0.3) is 0 Å². The lowest BCUT2D eigenvalue weighted by Gasteiger charge is -2.29. The van der Waals surface area contributed by atoms with Gasteiger partial charge in [0.15, 0.2) is 0 Å². The first-order chi connectivity index (χ1) is 11.6. The number of para-hydroxylation sites is 1. The highest BCUT2D eigenvalue weighted by atomic mass is 16.2. The van der Waals surface area contributed by atoms with E-state index in [4.69, 9.17) is 0 Å². The Kier molecular flexibility index (Phi) is 7.29. The van der Waals surface area contributed by atoms with Crippen LogP contribution in [-0.2, 0) is 9.59 Å². The van der Waals surface area contributed by atoms with Crippen molar-refractivity contribution in [2.24, 2.45) is 11.8 Å². The van der Waals surface area contributed by atoms with Gasteiger partial charge in [-0.3, -0.25) is 9.59 Å². The van der Waals surface area contributed by atoms with Crippen LogP contribution >= 0.6 is 0 Å². The predicted octanol–water partition coefficient (Wildman–Crippen LogP) is 3.76. The Morgan fingerprint density at radius 1 is 1.12 bits per heavy atom. The maximum Gasteiger partial charge on any atom is 0.230 e. The van der Waals surface area contributed by atoms with Crippen molar-refractivity contribution in [1.82, 2.24) is 5.32 Å². The Hall–Kier alpha value is -1.84. The molecule has 2 amide bonds. The molecular weight excluding hydrogens is 300 g/mol. The normalized spacial score (nSPS) is 15.3. The summed E-state index contributed by atoms with van der Waals surface area (Å²) in [5.74, 6) is 0.472. The predicted molar refractivity (Wildman–Crippen MR) is 97.8 cm³/mol. The summed E-state index contributed by atoms with van der Waals surface area (Å²) in [5.41, 5.74) is 0.961. The van der Waals surface area contributed by atoms with Crippen molar-refractivity contribution in [3.63, 3.8) is 0 Å². The molecule has 0 bridgehead atoms. The van der Waals surface area contributed by atoms with Crippen molar-refractivity contribution < 1.29 is 9.59 Å². The summed E-state index contributed by atoms with van der Waals surface area (Å²) < 4.78 is 0. The maximum absolute atomic E-state index is 13.0. The third-order valence-corrected chi connectivity index (χ3v) is 4.67. The molecular formula is C20H30N2O2. The van der Waals surface area contributed by atoms with Crippen molar-refractivity contribution in [3.05, 3.63) is 30.3 Å². The van der Waals surface area contributed by atoms with Crippen LogP contribution in [0, 0.1) is 11.8 Å². The van der Waals surface area contributed by atoms with Gasteiger partial charge < -0.3 is 10.2 Å². The van der Waals surface area contributed by atoms with Gasteiger partial charge >= 0.3 is 0 Å². The van der Waals surface area contributed by atoms with Crippen molar-refractivity contribution in [1.29, 1.82) is 0 Å². The molecule has 2 rings (SSSR count). The standard InChI is InChI=1S/C20H30N2O2/c1-16(2)19(23)21-14-9-15-22(18-12-7-4-8-13-18)20(24)17-10-5-3-6-11-17/h4,7-8,12-13,16-17H,3,5-6,9-11,14-15H2,1-2H3,(H,21,23). The number of nitrogens with zero attached hydrogens (tertiary/aromatic N) is 1. The smallest absolute Gasteiger partial charge is 0.230 e. The molecule has 0 heterocycles. The van der Waals surface area contributed by atoms with E-state index in [-0.39, 0.29) is 23.7 Å². The molecule has 1 aromatic rings. The van der Waals surface area contributed by atoms with Gasteiger partial charge in [0.05, 0.1) is 0 Å². The zero-order valence-electron chi connectivity index (χ0n) is 15.0. The van der Waals surface area contributed by atoms with E-state index in [1.807, 2.05) is 49.1 Å². The highest BCUT2D eigenvalue weighted by Crippen LogP contribution is 2.27. The number of hydrogen-bond acceptors (Lipinski definition) is 2. The molecule has 1 aliphatic rings. The fraction of sp³-hybridized carbons (Fsp3) is 0.600. The minimum Gasteiger partial charge on any atom is -0.356 e. The topological polar surface area (TPSA) is 49.4 Å². The number of benzene rings is 1. The Bertz CT molecular complexity index is 522. The van der Waals surface area contributed by atoms with E-state index in [1.54, 1.807) is 0 Å². The average molecular weight is 330 g/mol. The van der Waals surface area contributed by atoms with Gasteiger partial charge in [-0.25, -0.2) is 0 Å². The van der Waals surface area contributed by atoms with Crippen molar-refractivity contribution in [3.8, 4) is 0 Å². The van der Waals surface area contributed by atoms with E-state index in [9.17, 15) is 9.59 Å². The number of carbonyl (C=O) groups is 2. The van der Waals surface area contributed by atoms with Crippen LogP contribution in [0.3, 0.4) is 0 Å². The molecule has 0 aliphatic heterocycles. The summed E-state index contributed by atoms with van der Waals surface area (Å²) >= 11 is 0. The van der Waals surface area contributed by atoms with E-state index in [1.165, 1.54) is 6.42 Å². The van der Waals surface area contributed by atoms with Gasteiger partial charge in [-0.05, 0) is 31.4 Å². The minimum atomic E-state index is -0.000836. The van der Waals surface area contributed by atoms with Gasteiger partial charge in [-0.2, -0.15) is 0 Å². The zero-order valence-corrected chi connectivity index (χ0v) is 15.0. The van der Waals surface area contributed by atoms with Crippen LogP contribution in [0.15, 0.2) is 30.3 Å². The van der Waals surface area contributed by atoms with Crippen LogP contribution in [0.2, 0.25) is 0 Å². The largest absolute Gasteiger partial charge is 0.356 e. The Labute approximate surface area is 145 Å². The molecule has 0 spiro atoms. The van der Waals surface area contributed by atoms with Crippen molar-refractivity contribution >= 4 is 17.5 Å². The Balaban J connectivity index is 1.95. The Morgan fingerprint density at radius 3 is 2.42 bits per heavy atom. The van der Waals surface area contributed by atoms with Crippen LogP contribution in [-0.4, -0.2) is 24.9 Å². The fourth-order valence-electron chi connectivity index (χ4n) is 3.20. The lowest BCUT2D eigenvalue weighted by Crippen LogP contribution is -2.39. The second kappa shape index (κ2) is 9.45. The molecule has 0 atom stereocenters. The lowest BCUT2D eigenvalue weighted by atomic mass is 9.88. The summed E-state index contributed by atoms with van der Waals surface area (Å²) in [4.78, 5) is 26.5. The van der Waals surface area contributed by atoms with Gasteiger partial charge in [-0.1, -0.05) is 51.3 Å². The van der Waals surface area contributed by atoms with Crippen LogP contribution in [0.5, 0.6) is 0 Å². The monoisotopic (exact) mass is 330 g/mol. The zero-order chi connectivity index (χ0) is 17.4. The summed E-state index contributed by atoms with van der Waals surface area (Å²) in [6.45, 7) is 5.03. The van der Waals surface area contributed by atoms with Gasteiger partial charge in [0.25, 0.3) is 0 Å². The van der Waals surface area contributed by atoms with Gasteiger partial charge in [0.1, 0.15) is 0 Å². The molecule has 0 unspecified atom stereocenters. The number of rotatable bonds is 7. The molecule has 4 heteroatoms. The molecule has 1 saturated carbocycles. The molecule has 4 nitrogen and oxygen atoms in total. The minimum absolute atomic E-state index is 0.000836. The number of carbonyl (C=O) groups excluding carboxylic acids is 2. The van der Waals surface area contributed by atoms with E-state index < -0.39 is 0 Å². The SMILES string of the molecule is CC(C)C(=O)NCCCN(C(=O)C1CCCCC1)c1ccccc1. The molecule has 132 valence electrons. The molecule has 24 heavy (non-hydrogen) atoms. The summed E-state index contributed by atoms with van der Waals surface area (Å²) in [7, 11) is 0. The van der Waals surface area contributed by atoms with Crippen molar-refractivity contribution in [2.45, 2.75) is 52.4 Å². The quantitative estimate of drug-likeness (QED) is 0.774. The van der Waals surface area contributed by atoms with Crippen LogP contribution in [0.4, 0.5) is 5.69 Å². The van der Waals surface area contributed by atoms with E-state index >= 15 is 0 Å². The highest BCUT2D eigenvalue weighted by Gasteiger charge is 2.26. The third kappa shape index (κ3) is 5.36. The summed E-state index contributed by atoms with van der Waals surface area (Å²) in [6.07, 6.45) is 6.34. The van der Waals surface area contributed by atoms with Crippen molar-refractivity contribution in [2.75, 3.05) is 18.0 Å². The first-order valence-electron chi connectivity index (χ1n) is 9.23. The van der Waals surface area contributed by atoms with E-state index in [2.05, 4.69) is 5.32 Å². The second-order valence-electron chi connectivity index (χ2n) is 6.96. The average Bonchev–Trinajstić information content (AvgIpc) is 2.62. The van der Waals surface area contributed by atoms with E-state index in [0.717, 1.165) is 37.8 Å². The summed E-state index contributed by atoms with van der Waals surface area (Å²) in [5, 5.41) is 2.93. The maximum atomic E-state index is 13.0. The summed E-state index contributed by atoms with van der Waals surface area (Å²) in [6, 6.07) is 9.89. The first-order valence-corrected chi connectivity index (χ1v) is 9.23. The lowest BCUT2D eigenvalue weighted by molar-refractivity contribution is -0.124. The molecule has 0 aromatic heterocycles. The van der Waals surface area contributed by atoms with Gasteiger partial charge in [0, 0.05) is 30.6 Å². The van der Waals surface area contributed by atoms with E-state index in [0.29, 0.717) is 13.1 Å². The van der Waals surface area contributed by atoms with Gasteiger partial charge in [-0.15, -0.1) is 0 Å². The fourth-order valence-corrected chi connectivity index (χ4v) is 3.20. The van der Waals surface area contributed by atoms with Crippen LogP contribution in [0.1, 0.15) is 52.4 Å². The second-order valence-corrected chi connectivity index (χ2v) is 6.96. The Morgan fingerprint density at radius 2 is 1.79 bits per heavy atom. The molecule has 1 aliphatic carbocycles. The highest BCUT2D eigenvalue weighted by molar-refractivity contribution is 5.95.